The van der Waals surface area contributed by atoms with Crippen molar-refractivity contribution in [2.24, 2.45) is 0 Å². The molecule has 19 heavy (non-hydrogen) atoms. The van der Waals surface area contributed by atoms with Gasteiger partial charge in [-0.25, -0.2) is 0 Å². The van der Waals surface area contributed by atoms with Gasteiger partial charge in [-0.05, 0) is 12.1 Å². The fraction of sp³-hybridized carbons (Fsp3) is 0.500. The summed E-state index contributed by atoms with van der Waals surface area (Å²) >= 11 is 0. The molecule has 2 aliphatic rings. The number of amides is 1. The average Bonchev–Trinajstić information content (AvgIpc) is 2.47. The molecule has 2 aliphatic heterocycles. The molecule has 5 heteroatoms. The molecule has 0 bridgehead atoms. The molecule has 0 saturated carbocycles. The number of piperazine rings is 2. The lowest BCUT2D eigenvalue weighted by Crippen LogP contribution is -2.63. The summed E-state index contributed by atoms with van der Waals surface area (Å²) in [4.78, 5) is 16.4. The highest BCUT2D eigenvalue weighted by molar-refractivity contribution is 5.84. The van der Waals surface area contributed by atoms with Crippen LogP contribution in [0.3, 0.4) is 0 Å². The van der Waals surface area contributed by atoms with Gasteiger partial charge in [-0.15, -0.1) is 0 Å². The highest BCUT2D eigenvalue weighted by atomic mass is 16.5. The molecule has 2 fully saturated rings. The van der Waals surface area contributed by atoms with Gasteiger partial charge in [0.2, 0.25) is 5.91 Å². The molecule has 1 atom stereocenters. The predicted molar refractivity (Wildman–Crippen MR) is 73.6 cm³/mol. The molecule has 0 spiro atoms. The Bertz CT molecular complexity index is 478. The predicted octanol–water partition coefficient (Wildman–Crippen LogP) is 0.316. The number of methoxy groups -OCH3 is 1. The summed E-state index contributed by atoms with van der Waals surface area (Å²) in [6.45, 7) is 3.90. The summed E-state index contributed by atoms with van der Waals surface area (Å²) in [6, 6.07) is 8.14. The fourth-order valence-electron chi connectivity index (χ4n) is 2.90. The first kappa shape index (κ1) is 12.3. The van der Waals surface area contributed by atoms with Gasteiger partial charge in [0, 0.05) is 26.2 Å². The van der Waals surface area contributed by atoms with Crippen LogP contribution in [0.1, 0.15) is 0 Å². The third-order valence-electron chi connectivity index (χ3n) is 3.85. The SMILES string of the molecule is COc1ccccc1N1CC(=O)N2CCNCC2C1. The molecule has 1 N–H and O–H groups in total. The van der Waals surface area contributed by atoms with Gasteiger partial charge in [0.1, 0.15) is 5.75 Å². The molecule has 1 amide bonds. The molecule has 3 rings (SSSR count). The largest absolute Gasteiger partial charge is 0.495 e. The molecule has 2 heterocycles. The third-order valence-corrected chi connectivity index (χ3v) is 3.85. The minimum atomic E-state index is 0.212. The van der Waals surface area contributed by atoms with Crippen LogP contribution in [0.15, 0.2) is 24.3 Å². The number of rotatable bonds is 2. The van der Waals surface area contributed by atoms with Crippen LogP contribution in [-0.4, -0.2) is 56.7 Å². The van der Waals surface area contributed by atoms with Crippen molar-refractivity contribution < 1.29 is 9.53 Å². The number of carbonyl (C=O) groups is 1. The molecule has 102 valence electrons. The van der Waals surface area contributed by atoms with Crippen molar-refractivity contribution in [2.45, 2.75) is 6.04 Å². The number of hydrogen-bond donors (Lipinski definition) is 1. The average molecular weight is 261 g/mol. The molecule has 1 unspecified atom stereocenters. The number of anilines is 1. The van der Waals surface area contributed by atoms with E-state index in [9.17, 15) is 4.79 Å². The molecule has 1 aromatic carbocycles. The number of carbonyl (C=O) groups excluding carboxylic acids is 1. The molecule has 0 radical (unpaired) electrons. The van der Waals surface area contributed by atoms with Crippen LogP contribution in [0.25, 0.3) is 0 Å². The monoisotopic (exact) mass is 261 g/mol. The summed E-state index contributed by atoms with van der Waals surface area (Å²) in [6.07, 6.45) is 0. The van der Waals surface area contributed by atoms with Crippen molar-refractivity contribution in [1.29, 1.82) is 0 Å². The molecule has 5 nitrogen and oxygen atoms in total. The van der Waals surface area contributed by atoms with Crippen LogP contribution >= 0.6 is 0 Å². The van der Waals surface area contributed by atoms with Gasteiger partial charge in [-0.2, -0.15) is 0 Å². The van der Waals surface area contributed by atoms with Gasteiger partial charge in [0.15, 0.2) is 0 Å². The van der Waals surface area contributed by atoms with Crippen LogP contribution in [0, 0.1) is 0 Å². The third kappa shape index (κ3) is 2.26. The highest BCUT2D eigenvalue weighted by Gasteiger charge is 2.34. The molecular formula is C14H19N3O2. The van der Waals surface area contributed by atoms with E-state index in [0.717, 1.165) is 37.6 Å². The highest BCUT2D eigenvalue weighted by Crippen LogP contribution is 2.29. The lowest BCUT2D eigenvalue weighted by molar-refractivity contribution is -0.134. The van der Waals surface area contributed by atoms with E-state index in [0.29, 0.717) is 6.54 Å². The van der Waals surface area contributed by atoms with Crippen LogP contribution < -0.4 is 15.0 Å². The van der Waals surface area contributed by atoms with Gasteiger partial charge in [0.25, 0.3) is 0 Å². The normalized spacial score (nSPS) is 23.2. The Morgan fingerprint density at radius 3 is 3.05 bits per heavy atom. The standard InChI is InChI=1S/C14H19N3O2/c1-19-13-5-3-2-4-12(13)16-9-11-8-15-6-7-17(11)14(18)10-16/h2-5,11,15H,6-10H2,1H3. The zero-order valence-corrected chi connectivity index (χ0v) is 11.1. The molecule has 0 aliphatic carbocycles. The number of benzene rings is 1. The first-order valence-corrected chi connectivity index (χ1v) is 6.68. The molecular weight excluding hydrogens is 242 g/mol. The number of para-hydroxylation sites is 2. The lowest BCUT2D eigenvalue weighted by Gasteiger charge is -2.44. The Kier molecular flexibility index (Phi) is 3.29. The minimum absolute atomic E-state index is 0.212. The second kappa shape index (κ2) is 5.09. The molecule has 2 saturated heterocycles. The topological polar surface area (TPSA) is 44.8 Å². The van der Waals surface area contributed by atoms with Crippen LogP contribution in [-0.2, 0) is 4.79 Å². The second-order valence-corrected chi connectivity index (χ2v) is 5.00. The van der Waals surface area contributed by atoms with Gasteiger partial charge in [0.05, 0.1) is 25.4 Å². The summed E-state index contributed by atoms with van der Waals surface area (Å²) in [5, 5.41) is 3.35. The second-order valence-electron chi connectivity index (χ2n) is 5.00. The maximum absolute atomic E-state index is 12.2. The van der Waals surface area contributed by atoms with Crippen molar-refractivity contribution in [3.05, 3.63) is 24.3 Å². The first-order valence-electron chi connectivity index (χ1n) is 6.68. The van der Waals surface area contributed by atoms with E-state index in [2.05, 4.69) is 10.2 Å². The van der Waals surface area contributed by atoms with Crippen molar-refractivity contribution in [3.63, 3.8) is 0 Å². The number of fused-ring (bicyclic) bond motifs is 1. The summed E-state index contributed by atoms with van der Waals surface area (Å²) in [5.41, 5.74) is 1.00. The van der Waals surface area contributed by atoms with Crippen LogP contribution in [0.2, 0.25) is 0 Å². The van der Waals surface area contributed by atoms with Gasteiger partial charge in [-0.3, -0.25) is 4.79 Å². The summed E-state index contributed by atoms with van der Waals surface area (Å²) in [5.74, 6) is 1.04. The lowest BCUT2D eigenvalue weighted by atomic mass is 10.1. The smallest absolute Gasteiger partial charge is 0.242 e. The van der Waals surface area contributed by atoms with Gasteiger partial charge >= 0.3 is 0 Å². The minimum Gasteiger partial charge on any atom is -0.495 e. The maximum atomic E-state index is 12.2. The van der Waals surface area contributed by atoms with Crippen molar-refractivity contribution >= 4 is 11.6 Å². The van der Waals surface area contributed by atoms with Crippen molar-refractivity contribution in [2.75, 3.05) is 44.7 Å². The van der Waals surface area contributed by atoms with E-state index in [-0.39, 0.29) is 11.9 Å². The first-order chi connectivity index (χ1) is 9.29. The summed E-state index contributed by atoms with van der Waals surface area (Å²) < 4.78 is 5.39. The maximum Gasteiger partial charge on any atom is 0.242 e. The van der Waals surface area contributed by atoms with E-state index in [1.54, 1.807) is 7.11 Å². The Morgan fingerprint density at radius 2 is 2.21 bits per heavy atom. The van der Waals surface area contributed by atoms with E-state index in [1.807, 2.05) is 29.2 Å². The zero-order valence-electron chi connectivity index (χ0n) is 11.1. The van der Waals surface area contributed by atoms with E-state index in [4.69, 9.17) is 4.74 Å². The fourth-order valence-corrected chi connectivity index (χ4v) is 2.90. The van der Waals surface area contributed by atoms with Crippen molar-refractivity contribution in [3.8, 4) is 5.75 Å². The summed E-state index contributed by atoms with van der Waals surface area (Å²) in [7, 11) is 1.67. The molecule has 0 aromatic heterocycles. The zero-order chi connectivity index (χ0) is 13.2. The van der Waals surface area contributed by atoms with Gasteiger partial charge in [-0.1, -0.05) is 12.1 Å². The number of nitrogens with zero attached hydrogens (tertiary/aromatic N) is 2. The molecule has 1 aromatic rings. The van der Waals surface area contributed by atoms with Gasteiger partial charge < -0.3 is 19.9 Å². The Hall–Kier alpha value is -1.75. The van der Waals surface area contributed by atoms with Crippen LogP contribution in [0.4, 0.5) is 5.69 Å². The quantitative estimate of drug-likeness (QED) is 0.832. The Labute approximate surface area is 113 Å². The number of ether oxygens (including phenoxy) is 1. The van der Waals surface area contributed by atoms with Crippen molar-refractivity contribution in [1.82, 2.24) is 10.2 Å². The Balaban J connectivity index is 1.84. The Morgan fingerprint density at radius 1 is 1.37 bits per heavy atom. The van der Waals surface area contributed by atoms with E-state index >= 15 is 0 Å². The van der Waals surface area contributed by atoms with E-state index in [1.165, 1.54) is 0 Å². The number of hydrogen-bond acceptors (Lipinski definition) is 4. The number of nitrogens with one attached hydrogen (secondary N) is 1. The van der Waals surface area contributed by atoms with Crippen LogP contribution in [0.5, 0.6) is 5.75 Å². The van der Waals surface area contributed by atoms with E-state index < -0.39 is 0 Å².